The van der Waals surface area contributed by atoms with E-state index in [9.17, 15) is 4.79 Å². The summed E-state index contributed by atoms with van der Waals surface area (Å²) < 4.78 is 0.912. The maximum absolute atomic E-state index is 12.0. The number of hydrogen-bond donors (Lipinski definition) is 0. The molecular weight excluding hydrogens is 287 g/mol. The summed E-state index contributed by atoms with van der Waals surface area (Å²) in [5.41, 5.74) is 0.664. The zero-order chi connectivity index (χ0) is 11.5. The summed E-state index contributed by atoms with van der Waals surface area (Å²) in [4.78, 5) is 12.0. The molecule has 0 spiro atoms. The molecule has 0 amide bonds. The summed E-state index contributed by atoms with van der Waals surface area (Å²) in [5, 5.41) is 0.553. The molecule has 1 fully saturated rings. The fraction of sp³-hybridized carbons (Fsp3) is 0.462. The lowest BCUT2D eigenvalue weighted by atomic mass is 9.97. The summed E-state index contributed by atoms with van der Waals surface area (Å²) in [5.74, 6) is 0.761. The monoisotopic (exact) mass is 300 g/mol. The van der Waals surface area contributed by atoms with Gasteiger partial charge in [-0.25, -0.2) is 0 Å². The van der Waals surface area contributed by atoms with E-state index in [0.29, 0.717) is 22.9 Å². The van der Waals surface area contributed by atoms with Crippen molar-refractivity contribution in [2.75, 3.05) is 0 Å². The van der Waals surface area contributed by atoms with Crippen molar-refractivity contribution in [3.63, 3.8) is 0 Å². The van der Waals surface area contributed by atoms with Crippen LogP contribution in [0.5, 0.6) is 0 Å². The van der Waals surface area contributed by atoms with E-state index in [-0.39, 0.29) is 5.78 Å². The highest BCUT2D eigenvalue weighted by molar-refractivity contribution is 9.10. The number of hydrogen-bond acceptors (Lipinski definition) is 1. The normalized spacial score (nSPS) is 16.6. The Kier molecular flexibility index (Phi) is 4.04. The number of carbonyl (C=O) groups excluding carboxylic acids is 1. The molecule has 1 aliphatic rings. The molecule has 0 N–H and O–H groups in total. The van der Waals surface area contributed by atoms with E-state index in [1.54, 1.807) is 6.07 Å². The molecule has 1 aromatic carbocycles. The van der Waals surface area contributed by atoms with Gasteiger partial charge < -0.3 is 0 Å². The Balaban J connectivity index is 2.08. The third-order valence-corrected chi connectivity index (χ3v) is 3.99. The molecule has 0 atom stereocenters. The maximum Gasteiger partial charge on any atom is 0.164 e. The fourth-order valence-electron chi connectivity index (χ4n) is 2.30. The summed E-state index contributed by atoms with van der Waals surface area (Å²) in [6.07, 6.45) is 5.58. The van der Waals surface area contributed by atoms with Crippen molar-refractivity contribution in [1.29, 1.82) is 0 Å². The molecule has 3 heteroatoms. The molecule has 1 aromatic rings. The van der Waals surface area contributed by atoms with Crippen molar-refractivity contribution in [2.45, 2.75) is 32.1 Å². The minimum Gasteiger partial charge on any atom is -0.294 e. The number of halogens is 2. The van der Waals surface area contributed by atoms with Crippen molar-refractivity contribution in [2.24, 2.45) is 5.92 Å². The quantitative estimate of drug-likeness (QED) is 0.728. The number of rotatable bonds is 3. The van der Waals surface area contributed by atoms with Gasteiger partial charge in [-0.3, -0.25) is 4.79 Å². The molecule has 0 aliphatic heterocycles. The van der Waals surface area contributed by atoms with Crippen LogP contribution >= 0.6 is 27.5 Å². The molecule has 1 nitrogen and oxygen atoms in total. The molecule has 1 aliphatic carbocycles. The van der Waals surface area contributed by atoms with Crippen LogP contribution in [-0.2, 0) is 0 Å². The molecule has 0 aromatic heterocycles. The first-order chi connectivity index (χ1) is 7.66. The predicted molar refractivity (Wildman–Crippen MR) is 70.1 cm³/mol. The van der Waals surface area contributed by atoms with Gasteiger partial charge in [0.25, 0.3) is 0 Å². The van der Waals surface area contributed by atoms with E-state index in [1.807, 2.05) is 12.1 Å². The Hall–Kier alpha value is -0.340. The molecule has 16 heavy (non-hydrogen) atoms. The second-order valence-electron chi connectivity index (χ2n) is 4.40. The molecule has 0 radical (unpaired) electrons. The topological polar surface area (TPSA) is 17.1 Å². The van der Waals surface area contributed by atoms with E-state index in [0.717, 1.165) is 4.47 Å². The number of Topliss-reactive ketones (excluding diaryl/α,β-unsaturated/α-hetero) is 1. The molecule has 2 rings (SSSR count). The van der Waals surface area contributed by atoms with E-state index >= 15 is 0 Å². The van der Waals surface area contributed by atoms with E-state index in [2.05, 4.69) is 15.9 Å². The van der Waals surface area contributed by atoms with Gasteiger partial charge in [-0.05, 0) is 24.1 Å². The van der Waals surface area contributed by atoms with E-state index < -0.39 is 0 Å². The Labute approximate surface area is 109 Å². The van der Waals surface area contributed by atoms with Crippen LogP contribution in [0.25, 0.3) is 0 Å². The highest BCUT2D eigenvalue weighted by atomic mass is 79.9. The van der Waals surface area contributed by atoms with Gasteiger partial charge in [-0.2, -0.15) is 0 Å². The van der Waals surface area contributed by atoms with Gasteiger partial charge in [0.2, 0.25) is 0 Å². The lowest BCUT2D eigenvalue weighted by Crippen LogP contribution is -2.06. The highest BCUT2D eigenvalue weighted by Crippen LogP contribution is 2.30. The Morgan fingerprint density at radius 1 is 1.38 bits per heavy atom. The molecule has 0 saturated heterocycles. The number of benzene rings is 1. The SMILES string of the molecule is O=C(CC1CCCC1)c1ccc(Br)cc1Cl. The molecule has 86 valence electrons. The van der Waals surface area contributed by atoms with Gasteiger partial charge in [-0.15, -0.1) is 0 Å². The molecule has 1 saturated carbocycles. The zero-order valence-electron chi connectivity index (χ0n) is 9.01. The smallest absolute Gasteiger partial charge is 0.164 e. The zero-order valence-corrected chi connectivity index (χ0v) is 11.4. The average molecular weight is 302 g/mol. The van der Waals surface area contributed by atoms with Crippen LogP contribution in [0, 0.1) is 5.92 Å². The standard InChI is InChI=1S/C13H14BrClO/c14-10-5-6-11(12(15)8-10)13(16)7-9-3-1-2-4-9/h5-6,8-9H,1-4,7H2. The lowest BCUT2D eigenvalue weighted by molar-refractivity contribution is 0.0962. The summed E-state index contributed by atoms with van der Waals surface area (Å²) >= 11 is 9.40. The fourth-order valence-corrected chi connectivity index (χ4v) is 3.08. The second-order valence-corrected chi connectivity index (χ2v) is 5.72. The van der Waals surface area contributed by atoms with Crippen molar-refractivity contribution in [3.8, 4) is 0 Å². The summed E-state index contributed by atoms with van der Waals surface area (Å²) in [7, 11) is 0. The first-order valence-electron chi connectivity index (χ1n) is 5.65. The Morgan fingerprint density at radius 3 is 2.69 bits per heavy atom. The Morgan fingerprint density at radius 2 is 2.06 bits per heavy atom. The predicted octanol–water partition coefficient (Wildman–Crippen LogP) is 4.87. The molecule has 0 bridgehead atoms. The van der Waals surface area contributed by atoms with Gasteiger partial charge >= 0.3 is 0 Å². The average Bonchev–Trinajstić information content (AvgIpc) is 2.70. The molecular formula is C13H14BrClO. The van der Waals surface area contributed by atoms with Gasteiger partial charge in [-0.1, -0.05) is 53.2 Å². The largest absolute Gasteiger partial charge is 0.294 e. The second kappa shape index (κ2) is 5.33. The van der Waals surface area contributed by atoms with Crippen LogP contribution in [0.4, 0.5) is 0 Å². The van der Waals surface area contributed by atoms with Crippen LogP contribution in [0.2, 0.25) is 5.02 Å². The van der Waals surface area contributed by atoms with E-state index in [1.165, 1.54) is 25.7 Å². The number of carbonyl (C=O) groups is 1. The van der Waals surface area contributed by atoms with Gasteiger partial charge in [0.1, 0.15) is 0 Å². The van der Waals surface area contributed by atoms with Crippen LogP contribution in [-0.4, -0.2) is 5.78 Å². The van der Waals surface area contributed by atoms with Crippen LogP contribution in [0.3, 0.4) is 0 Å². The van der Waals surface area contributed by atoms with E-state index in [4.69, 9.17) is 11.6 Å². The van der Waals surface area contributed by atoms with Crippen LogP contribution in [0.1, 0.15) is 42.5 Å². The third-order valence-electron chi connectivity index (χ3n) is 3.18. The van der Waals surface area contributed by atoms with Crippen LogP contribution in [0.15, 0.2) is 22.7 Å². The minimum absolute atomic E-state index is 0.185. The molecule has 0 heterocycles. The maximum atomic E-state index is 12.0. The lowest BCUT2D eigenvalue weighted by Gasteiger charge is -2.08. The first kappa shape index (κ1) is 12.1. The van der Waals surface area contributed by atoms with Crippen molar-refractivity contribution in [3.05, 3.63) is 33.3 Å². The van der Waals surface area contributed by atoms with Gasteiger partial charge in [0.05, 0.1) is 5.02 Å². The van der Waals surface area contributed by atoms with Crippen LogP contribution < -0.4 is 0 Å². The summed E-state index contributed by atoms with van der Waals surface area (Å²) in [6.45, 7) is 0. The van der Waals surface area contributed by atoms with Crippen molar-refractivity contribution in [1.82, 2.24) is 0 Å². The highest BCUT2D eigenvalue weighted by Gasteiger charge is 2.20. The molecule has 0 unspecified atom stereocenters. The Bertz CT molecular complexity index is 397. The van der Waals surface area contributed by atoms with Gasteiger partial charge in [0, 0.05) is 16.5 Å². The first-order valence-corrected chi connectivity index (χ1v) is 6.82. The third kappa shape index (κ3) is 2.86. The van der Waals surface area contributed by atoms with Crippen molar-refractivity contribution < 1.29 is 4.79 Å². The number of ketones is 1. The minimum atomic E-state index is 0.185. The van der Waals surface area contributed by atoms with Gasteiger partial charge in [0.15, 0.2) is 5.78 Å². The summed E-state index contributed by atoms with van der Waals surface area (Å²) in [6, 6.07) is 5.46. The van der Waals surface area contributed by atoms with Crippen molar-refractivity contribution >= 4 is 33.3 Å².